The molecule has 0 bridgehead atoms. The fourth-order valence-electron chi connectivity index (χ4n) is 0.637. The van der Waals surface area contributed by atoms with Crippen molar-refractivity contribution in [3.05, 3.63) is 23.7 Å². The van der Waals surface area contributed by atoms with Crippen LogP contribution in [0.15, 0.2) is 18.2 Å². The molecule has 0 aliphatic heterocycles. The average Bonchev–Trinajstić information content (AvgIpc) is 2.12. The molecule has 0 aromatic heterocycles. The minimum absolute atomic E-state index is 0.167. The van der Waals surface area contributed by atoms with Gasteiger partial charge in [-0.05, 0) is 18.2 Å². The van der Waals surface area contributed by atoms with Gasteiger partial charge in [-0.3, -0.25) is 4.79 Å². The topological polar surface area (TPSA) is 46.5 Å². The van der Waals surface area contributed by atoms with Crippen LogP contribution in [-0.4, -0.2) is 18.5 Å². The number of ether oxygens (including phenoxy) is 1. The summed E-state index contributed by atoms with van der Waals surface area (Å²) in [5.41, 5.74) is -0.312. The summed E-state index contributed by atoms with van der Waals surface area (Å²) < 4.78 is 26.1. The normalized spacial score (nSPS) is 13.0. The number of hydrogen-bond acceptors (Lipinski definition) is 3. The van der Waals surface area contributed by atoms with Crippen molar-refractivity contribution in [2.75, 3.05) is 7.11 Å². The van der Waals surface area contributed by atoms with E-state index >= 15 is 0 Å². The maximum Gasteiger partial charge on any atom is 0.160 e. The van der Waals surface area contributed by atoms with Crippen molar-refractivity contribution < 1.29 is 18.8 Å². The summed E-state index contributed by atoms with van der Waals surface area (Å²) in [6, 6.07) is 0.311. The summed E-state index contributed by atoms with van der Waals surface area (Å²) in [6.45, 7) is 0. The van der Waals surface area contributed by atoms with Crippen LogP contribution in [0.1, 0.15) is 14.5 Å². The van der Waals surface area contributed by atoms with Gasteiger partial charge in [0.1, 0.15) is 7.63 Å². The van der Waals surface area contributed by atoms with E-state index in [4.69, 9.17) is 4.11 Å². The van der Waals surface area contributed by atoms with Crippen LogP contribution in [0.5, 0.6) is 11.5 Å². The third-order valence-corrected chi connectivity index (χ3v) is 1.13. The summed E-state index contributed by atoms with van der Waals surface area (Å²) in [5, 5.41) is 9.34. The number of aromatic hydroxyl groups is 1. The third-order valence-electron chi connectivity index (χ3n) is 1.13. The molecule has 1 N–H and O–H groups in total. The summed E-state index contributed by atoms with van der Waals surface area (Å²) in [5.74, 6) is -0.754. The van der Waals surface area contributed by atoms with Crippen LogP contribution in [-0.2, 0) is 0 Å². The Hall–Kier alpha value is -1.51. The minimum Gasteiger partial charge on any atom is -0.504 e. The zero-order chi connectivity index (χ0) is 10.9. The molecule has 0 aliphatic carbocycles. The fourth-order valence-corrected chi connectivity index (χ4v) is 0.637. The predicted octanol–water partition coefficient (Wildman–Crippen LogP) is 1.21. The van der Waals surface area contributed by atoms with Crippen LogP contribution in [0, 0.1) is 0 Å². The fraction of sp³-hybridized carbons (Fsp3) is 0.125. The van der Waals surface area contributed by atoms with Crippen molar-refractivity contribution in [2.24, 2.45) is 0 Å². The zero-order valence-corrected chi connectivity index (χ0v) is 5.84. The van der Waals surface area contributed by atoms with Crippen LogP contribution < -0.4 is 4.74 Å². The highest BCUT2D eigenvalue weighted by molar-refractivity contribution is 5.76. The van der Waals surface area contributed by atoms with E-state index < -0.39 is 18.1 Å². The van der Waals surface area contributed by atoms with E-state index in [0.717, 1.165) is 6.07 Å². The molecule has 0 heterocycles. The largest absolute Gasteiger partial charge is 0.504 e. The SMILES string of the molecule is [2H]C(=O)c1cc([2H])c(OC)c(O)c1[2H]. The van der Waals surface area contributed by atoms with Crippen molar-refractivity contribution in [3.8, 4) is 11.5 Å². The average molecular weight is 155 g/mol. The smallest absolute Gasteiger partial charge is 0.160 e. The number of rotatable bonds is 2. The van der Waals surface area contributed by atoms with Gasteiger partial charge in [0.05, 0.1) is 9.85 Å². The van der Waals surface area contributed by atoms with Gasteiger partial charge in [-0.1, -0.05) is 0 Å². The highest BCUT2D eigenvalue weighted by Gasteiger charge is 2.00. The van der Waals surface area contributed by atoms with Crippen LogP contribution in [0.4, 0.5) is 0 Å². The number of phenolic OH excluding ortho intramolecular Hbond substituents is 1. The quantitative estimate of drug-likeness (QED) is 0.653. The first-order chi connectivity index (χ1) is 6.49. The van der Waals surface area contributed by atoms with Gasteiger partial charge in [0.25, 0.3) is 0 Å². The number of benzene rings is 1. The number of aldehydes is 1. The van der Waals surface area contributed by atoms with Gasteiger partial charge in [-0.15, -0.1) is 0 Å². The molecule has 1 aromatic rings. The molecule has 0 saturated carbocycles. The number of hydrogen-bond donors (Lipinski definition) is 1. The molecular formula is C8H8O3. The van der Waals surface area contributed by atoms with Crippen molar-refractivity contribution in [1.29, 1.82) is 0 Å². The Bertz CT molecular complexity index is 390. The lowest BCUT2D eigenvalue weighted by molar-refractivity contribution is 0.112. The minimum atomic E-state index is -1.11. The number of carbonyl (C=O) groups is 1. The monoisotopic (exact) mass is 155 g/mol. The van der Waals surface area contributed by atoms with Crippen LogP contribution in [0.3, 0.4) is 0 Å². The van der Waals surface area contributed by atoms with Crippen LogP contribution in [0.2, 0.25) is 0 Å². The van der Waals surface area contributed by atoms with Crippen molar-refractivity contribution in [1.82, 2.24) is 0 Å². The number of carbonyl (C=O) groups excluding carboxylic acids is 1. The van der Waals surface area contributed by atoms with Gasteiger partial charge in [0.2, 0.25) is 0 Å². The Kier molecular flexibility index (Phi) is 1.22. The van der Waals surface area contributed by atoms with E-state index in [-0.39, 0.29) is 17.4 Å². The van der Waals surface area contributed by atoms with E-state index in [9.17, 15) is 9.90 Å². The zero-order valence-electron chi connectivity index (χ0n) is 8.84. The van der Waals surface area contributed by atoms with Crippen LogP contribution >= 0.6 is 0 Å². The van der Waals surface area contributed by atoms with Crippen molar-refractivity contribution in [2.45, 2.75) is 0 Å². The molecular weight excluding hydrogens is 144 g/mol. The number of methoxy groups -OCH3 is 1. The van der Waals surface area contributed by atoms with Gasteiger partial charge < -0.3 is 9.84 Å². The molecule has 1 aromatic carbocycles. The molecule has 0 amide bonds. The first-order valence-electron chi connectivity index (χ1n) is 4.37. The lowest BCUT2D eigenvalue weighted by Crippen LogP contribution is -1.85. The molecule has 3 heteroatoms. The standard InChI is InChI=1S/C8H8O3/c1-11-8-3-2-6(5-9)4-7(8)10/h2-5,10H,1H3/i3D,4D,5D. The molecule has 11 heavy (non-hydrogen) atoms. The molecule has 0 aliphatic rings. The van der Waals surface area contributed by atoms with Gasteiger partial charge in [-0.25, -0.2) is 0 Å². The Morgan fingerprint density at radius 2 is 2.64 bits per heavy atom. The first kappa shape index (κ1) is 4.38. The van der Waals surface area contributed by atoms with Gasteiger partial charge in [0.15, 0.2) is 11.5 Å². The molecule has 0 fully saturated rings. The maximum atomic E-state index is 10.7. The lowest BCUT2D eigenvalue weighted by Gasteiger charge is -2.01. The lowest BCUT2D eigenvalue weighted by atomic mass is 10.2. The summed E-state index contributed by atoms with van der Waals surface area (Å²) in [7, 11) is 1.24. The summed E-state index contributed by atoms with van der Waals surface area (Å²) >= 11 is 0. The molecule has 0 radical (unpaired) electrons. The summed E-state index contributed by atoms with van der Waals surface area (Å²) in [4.78, 5) is 10.7. The van der Waals surface area contributed by atoms with Gasteiger partial charge in [-0.2, -0.15) is 0 Å². The van der Waals surface area contributed by atoms with E-state index in [2.05, 4.69) is 4.74 Å². The Labute approximate surface area is 68.4 Å². The summed E-state index contributed by atoms with van der Waals surface area (Å²) in [6.07, 6.45) is -1.11. The molecule has 3 nitrogen and oxygen atoms in total. The van der Waals surface area contributed by atoms with Gasteiger partial charge >= 0.3 is 0 Å². The van der Waals surface area contributed by atoms with E-state index in [0.29, 0.717) is 0 Å². The Morgan fingerprint density at radius 3 is 3.18 bits per heavy atom. The Balaban J connectivity index is 3.47. The van der Waals surface area contributed by atoms with Gasteiger partial charge in [0, 0.05) is 5.56 Å². The molecule has 0 spiro atoms. The second-order valence-electron chi connectivity index (χ2n) is 1.81. The van der Waals surface area contributed by atoms with Crippen molar-refractivity contribution in [3.63, 3.8) is 0 Å². The molecule has 0 unspecified atom stereocenters. The molecule has 1 rings (SSSR count). The Morgan fingerprint density at radius 1 is 1.91 bits per heavy atom. The van der Waals surface area contributed by atoms with E-state index in [1.54, 1.807) is 0 Å². The van der Waals surface area contributed by atoms with E-state index in [1.807, 2.05) is 0 Å². The first-order valence-corrected chi connectivity index (χ1v) is 2.87. The van der Waals surface area contributed by atoms with E-state index in [1.165, 1.54) is 7.11 Å². The highest BCUT2D eigenvalue weighted by Crippen LogP contribution is 2.25. The van der Waals surface area contributed by atoms with Crippen LogP contribution in [0.25, 0.3) is 0 Å². The molecule has 58 valence electrons. The maximum absolute atomic E-state index is 10.7. The van der Waals surface area contributed by atoms with Crippen molar-refractivity contribution >= 4 is 6.26 Å². The second-order valence-corrected chi connectivity index (χ2v) is 1.81. The second kappa shape index (κ2) is 3.05. The third kappa shape index (κ3) is 1.49. The number of phenols is 1. The predicted molar refractivity (Wildman–Crippen MR) is 40.0 cm³/mol. The highest BCUT2D eigenvalue weighted by atomic mass is 16.5. The molecule has 0 atom stereocenters. The molecule has 0 saturated heterocycles.